The van der Waals surface area contributed by atoms with Crippen LogP contribution < -0.4 is 0 Å². The summed E-state index contributed by atoms with van der Waals surface area (Å²) in [4.78, 5) is 0. The Labute approximate surface area is 66.8 Å². The number of aryl methyl sites for hydroxylation is 1. The molecule has 0 aliphatic carbocycles. The summed E-state index contributed by atoms with van der Waals surface area (Å²) in [5.74, 6) is 0. The monoisotopic (exact) mass is 156 g/mol. The quantitative estimate of drug-likeness (QED) is 0.613. The molecular weight excluding hydrogens is 144 g/mol. The molecule has 0 aliphatic heterocycles. The molecule has 1 heterocycles. The summed E-state index contributed by atoms with van der Waals surface area (Å²) in [6, 6.07) is 0. The molecule has 0 aliphatic rings. The number of hydrogen-bond acceptors (Lipinski definition) is 2. The molecule has 0 amide bonds. The maximum Gasteiger partial charge on any atom is 0.0638 e. The summed E-state index contributed by atoms with van der Waals surface area (Å²) in [5, 5.41) is 4.16. The molecule has 0 radical (unpaired) electrons. The van der Waals surface area contributed by atoms with E-state index in [1.165, 1.54) is 5.56 Å². The molecule has 1 aromatic rings. The predicted molar refractivity (Wildman–Crippen MR) is 45.5 cm³/mol. The van der Waals surface area contributed by atoms with E-state index in [1.807, 2.05) is 13.8 Å². The molecule has 10 heavy (non-hydrogen) atoms. The average Bonchev–Trinajstić information content (AvgIpc) is 2.09. The van der Waals surface area contributed by atoms with Crippen LogP contribution in [-0.4, -0.2) is 9.19 Å². The van der Waals surface area contributed by atoms with Crippen molar-refractivity contribution in [3.05, 3.63) is 17.0 Å². The highest BCUT2D eigenvalue weighted by molar-refractivity contribution is 7.78. The fourth-order valence-corrected chi connectivity index (χ4v) is 1.43. The van der Waals surface area contributed by atoms with E-state index < -0.39 is 0 Å². The molecule has 1 aromatic heterocycles. The molecule has 3 heteroatoms. The van der Waals surface area contributed by atoms with Crippen LogP contribution in [0.5, 0.6) is 0 Å². The maximum absolute atomic E-state index is 4.16. The van der Waals surface area contributed by atoms with Crippen LogP contribution in [0.1, 0.15) is 23.9 Å². The first-order chi connectivity index (χ1) is 4.66. The smallest absolute Gasteiger partial charge is 0.0638 e. The van der Waals surface area contributed by atoms with Crippen LogP contribution in [0.15, 0.2) is 0 Å². The molecule has 0 unspecified atom stereocenters. The first-order valence-electron chi connectivity index (χ1n) is 3.41. The Balaban J connectivity index is 3.20. The van der Waals surface area contributed by atoms with E-state index in [9.17, 15) is 0 Å². The second-order valence-corrected chi connectivity index (χ2v) is 2.77. The van der Waals surface area contributed by atoms with E-state index in [-0.39, 0.29) is 0 Å². The summed E-state index contributed by atoms with van der Waals surface area (Å²) in [6.07, 6.45) is 1.04. The van der Waals surface area contributed by atoms with Crippen molar-refractivity contribution in [2.75, 3.05) is 0 Å². The van der Waals surface area contributed by atoms with Gasteiger partial charge in [0, 0.05) is 0 Å². The fourth-order valence-electron chi connectivity index (χ4n) is 1.17. The Bertz CT molecular complexity index is 240. The molecule has 0 spiro atoms. The van der Waals surface area contributed by atoms with Crippen molar-refractivity contribution in [1.29, 1.82) is 0 Å². The summed E-state index contributed by atoms with van der Waals surface area (Å²) in [6.45, 7) is 6.18. The van der Waals surface area contributed by atoms with Gasteiger partial charge in [-0.25, -0.2) is 4.09 Å². The number of thiol groups is 1. The highest BCUT2D eigenvalue weighted by Gasteiger charge is 2.05. The first-order valence-corrected chi connectivity index (χ1v) is 3.81. The lowest BCUT2D eigenvalue weighted by Crippen LogP contribution is -1.86. The molecular formula is C7H12N2S. The van der Waals surface area contributed by atoms with E-state index in [0.29, 0.717) is 0 Å². The topological polar surface area (TPSA) is 17.8 Å². The fraction of sp³-hybridized carbons (Fsp3) is 0.571. The van der Waals surface area contributed by atoms with Crippen LogP contribution in [0, 0.1) is 13.8 Å². The molecule has 0 saturated carbocycles. The van der Waals surface area contributed by atoms with Crippen molar-refractivity contribution < 1.29 is 0 Å². The summed E-state index contributed by atoms with van der Waals surface area (Å²) in [5.41, 5.74) is 3.56. The van der Waals surface area contributed by atoms with Gasteiger partial charge < -0.3 is 0 Å². The SMILES string of the molecule is CCc1c(C)nn(S)c1C. The second-order valence-electron chi connectivity index (χ2n) is 2.39. The third-order valence-corrected chi connectivity index (χ3v) is 2.16. The summed E-state index contributed by atoms with van der Waals surface area (Å²) >= 11 is 4.15. The Hall–Kier alpha value is -0.440. The summed E-state index contributed by atoms with van der Waals surface area (Å²) in [7, 11) is 0. The van der Waals surface area contributed by atoms with Gasteiger partial charge >= 0.3 is 0 Å². The minimum absolute atomic E-state index is 1.04. The van der Waals surface area contributed by atoms with E-state index in [2.05, 4.69) is 24.8 Å². The lowest BCUT2D eigenvalue weighted by molar-refractivity contribution is 0.954. The highest BCUT2D eigenvalue weighted by Crippen LogP contribution is 2.13. The van der Waals surface area contributed by atoms with Crippen molar-refractivity contribution in [2.24, 2.45) is 0 Å². The molecule has 56 valence electrons. The van der Waals surface area contributed by atoms with E-state index in [0.717, 1.165) is 17.8 Å². The predicted octanol–water partition coefficient (Wildman–Crippen LogP) is 1.76. The third-order valence-electron chi connectivity index (χ3n) is 1.77. The zero-order valence-electron chi connectivity index (χ0n) is 6.55. The van der Waals surface area contributed by atoms with Gasteiger partial charge in [0.25, 0.3) is 0 Å². The van der Waals surface area contributed by atoms with Crippen LogP contribution >= 0.6 is 12.8 Å². The van der Waals surface area contributed by atoms with Crippen LogP contribution in [-0.2, 0) is 6.42 Å². The number of nitrogens with zero attached hydrogens (tertiary/aromatic N) is 2. The Morgan fingerprint density at radius 3 is 2.30 bits per heavy atom. The van der Waals surface area contributed by atoms with Crippen molar-refractivity contribution in [1.82, 2.24) is 9.19 Å². The minimum Gasteiger partial charge on any atom is -0.214 e. The lowest BCUT2D eigenvalue weighted by atomic mass is 10.1. The van der Waals surface area contributed by atoms with Crippen LogP contribution in [0.3, 0.4) is 0 Å². The normalized spacial score (nSPS) is 10.4. The first kappa shape index (κ1) is 7.66. The van der Waals surface area contributed by atoms with E-state index in [4.69, 9.17) is 0 Å². The molecule has 0 N–H and O–H groups in total. The average molecular weight is 156 g/mol. The van der Waals surface area contributed by atoms with Gasteiger partial charge in [-0.2, -0.15) is 5.10 Å². The van der Waals surface area contributed by atoms with Crippen LogP contribution in [0.25, 0.3) is 0 Å². The van der Waals surface area contributed by atoms with Crippen LogP contribution in [0.4, 0.5) is 0 Å². The molecule has 2 nitrogen and oxygen atoms in total. The van der Waals surface area contributed by atoms with Gasteiger partial charge in [-0.15, -0.1) is 0 Å². The Morgan fingerprint density at radius 2 is 2.10 bits per heavy atom. The third kappa shape index (κ3) is 1.06. The standard InChI is InChI=1S/C7H12N2S/c1-4-7-5(2)8-9(10)6(7)3/h10H,4H2,1-3H3. The molecule has 0 aromatic carbocycles. The van der Waals surface area contributed by atoms with Crippen molar-refractivity contribution in [3.63, 3.8) is 0 Å². The van der Waals surface area contributed by atoms with Gasteiger partial charge in [0.05, 0.1) is 11.4 Å². The second kappa shape index (κ2) is 2.66. The number of aromatic nitrogens is 2. The Morgan fingerprint density at radius 1 is 1.50 bits per heavy atom. The van der Waals surface area contributed by atoms with Gasteiger partial charge in [0.2, 0.25) is 0 Å². The van der Waals surface area contributed by atoms with Gasteiger partial charge in [-0.1, -0.05) is 6.92 Å². The molecule has 0 fully saturated rings. The zero-order valence-corrected chi connectivity index (χ0v) is 7.44. The lowest BCUT2D eigenvalue weighted by Gasteiger charge is -1.93. The zero-order chi connectivity index (χ0) is 7.72. The van der Waals surface area contributed by atoms with Crippen molar-refractivity contribution in [2.45, 2.75) is 27.2 Å². The molecule has 0 bridgehead atoms. The molecule has 1 rings (SSSR count). The molecule has 0 saturated heterocycles. The number of rotatable bonds is 1. The van der Waals surface area contributed by atoms with Gasteiger partial charge in [-0.05, 0) is 38.6 Å². The Kier molecular flexibility index (Phi) is 2.04. The number of hydrogen-bond donors (Lipinski definition) is 1. The maximum atomic E-state index is 4.16. The van der Waals surface area contributed by atoms with Gasteiger partial charge in [0.1, 0.15) is 0 Å². The highest BCUT2D eigenvalue weighted by atomic mass is 32.1. The minimum atomic E-state index is 1.04. The van der Waals surface area contributed by atoms with Gasteiger partial charge in [0.15, 0.2) is 0 Å². The van der Waals surface area contributed by atoms with E-state index in [1.54, 1.807) is 4.09 Å². The van der Waals surface area contributed by atoms with E-state index >= 15 is 0 Å². The largest absolute Gasteiger partial charge is 0.214 e. The van der Waals surface area contributed by atoms with Crippen LogP contribution in [0.2, 0.25) is 0 Å². The summed E-state index contributed by atoms with van der Waals surface area (Å²) < 4.78 is 1.63. The van der Waals surface area contributed by atoms with Crippen molar-refractivity contribution in [3.8, 4) is 0 Å². The van der Waals surface area contributed by atoms with Gasteiger partial charge in [-0.3, -0.25) is 0 Å². The molecule has 0 atom stereocenters. The van der Waals surface area contributed by atoms with Crippen molar-refractivity contribution >= 4 is 12.8 Å².